The molecule has 6 heteroatoms. The maximum atomic E-state index is 11.7. The summed E-state index contributed by atoms with van der Waals surface area (Å²) in [5.41, 5.74) is 5.59. The molecule has 1 amide bonds. The third kappa shape index (κ3) is 4.53. The van der Waals surface area contributed by atoms with Crippen molar-refractivity contribution < 1.29 is 4.79 Å². The SMILES string of the molecule is CCCCC(=O)Nc1ccc2nc(NN=C(C)C)sc2c1. The zero-order valence-corrected chi connectivity index (χ0v) is 13.4. The van der Waals surface area contributed by atoms with E-state index in [2.05, 4.69) is 27.8 Å². The number of benzene rings is 1. The quantitative estimate of drug-likeness (QED) is 0.620. The fraction of sp³-hybridized carbons (Fsp3) is 0.400. The molecule has 5 nitrogen and oxygen atoms in total. The Labute approximate surface area is 128 Å². The molecule has 1 heterocycles. The minimum atomic E-state index is 0.0604. The molecule has 0 radical (unpaired) electrons. The summed E-state index contributed by atoms with van der Waals surface area (Å²) >= 11 is 1.52. The van der Waals surface area contributed by atoms with Gasteiger partial charge in [-0.05, 0) is 38.5 Å². The lowest BCUT2D eigenvalue weighted by Crippen LogP contribution is -2.10. The number of hydrazone groups is 1. The van der Waals surface area contributed by atoms with Crippen LogP contribution in [0.1, 0.15) is 40.0 Å². The van der Waals surface area contributed by atoms with Crippen LogP contribution < -0.4 is 10.7 Å². The van der Waals surface area contributed by atoms with Crippen molar-refractivity contribution in [3.05, 3.63) is 18.2 Å². The zero-order chi connectivity index (χ0) is 15.2. The van der Waals surface area contributed by atoms with Crippen LogP contribution in [-0.2, 0) is 4.79 Å². The Morgan fingerprint density at radius 3 is 2.90 bits per heavy atom. The Hall–Kier alpha value is -1.95. The van der Waals surface area contributed by atoms with E-state index in [0.717, 1.165) is 39.6 Å². The third-order valence-corrected chi connectivity index (χ3v) is 3.73. The van der Waals surface area contributed by atoms with Gasteiger partial charge >= 0.3 is 0 Å². The normalized spacial score (nSPS) is 10.4. The van der Waals surface area contributed by atoms with E-state index >= 15 is 0 Å². The maximum Gasteiger partial charge on any atom is 0.224 e. The molecule has 0 spiro atoms. The van der Waals surface area contributed by atoms with E-state index in [4.69, 9.17) is 0 Å². The number of unbranched alkanes of at least 4 members (excludes halogenated alkanes) is 1. The molecule has 1 aromatic carbocycles. The predicted octanol–water partition coefficient (Wildman–Crippen LogP) is 4.23. The Balaban J connectivity index is 2.10. The largest absolute Gasteiger partial charge is 0.326 e. The van der Waals surface area contributed by atoms with Gasteiger partial charge in [0, 0.05) is 17.8 Å². The first kappa shape index (κ1) is 15.4. The van der Waals surface area contributed by atoms with Crippen LogP contribution >= 0.6 is 11.3 Å². The number of aromatic nitrogens is 1. The smallest absolute Gasteiger partial charge is 0.224 e. The second-order valence-electron chi connectivity index (χ2n) is 5.02. The molecule has 0 unspecified atom stereocenters. The zero-order valence-electron chi connectivity index (χ0n) is 12.6. The van der Waals surface area contributed by atoms with Crippen molar-refractivity contribution in [3.8, 4) is 0 Å². The van der Waals surface area contributed by atoms with Gasteiger partial charge in [-0.1, -0.05) is 24.7 Å². The number of carbonyl (C=O) groups excluding carboxylic acids is 1. The lowest BCUT2D eigenvalue weighted by molar-refractivity contribution is -0.116. The number of amides is 1. The number of nitrogens with zero attached hydrogens (tertiary/aromatic N) is 2. The maximum absolute atomic E-state index is 11.7. The van der Waals surface area contributed by atoms with Gasteiger partial charge in [-0.15, -0.1) is 0 Å². The molecular formula is C15H20N4OS. The van der Waals surface area contributed by atoms with E-state index in [1.807, 2.05) is 32.0 Å². The highest BCUT2D eigenvalue weighted by Crippen LogP contribution is 2.28. The van der Waals surface area contributed by atoms with Crippen LogP contribution in [0.25, 0.3) is 10.2 Å². The summed E-state index contributed by atoms with van der Waals surface area (Å²) in [5.74, 6) is 0.0604. The summed E-state index contributed by atoms with van der Waals surface area (Å²) in [5, 5.41) is 7.81. The Bertz CT molecular complexity index is 659. The number of thiazole rings is 1. The van der Waals surface area contributed by atoms with Crippen molar-refractivity contribution in [2.75, 3.05) is 10.7 Å². The summed E-state index contributed by atoms with van der Waals surface area (Å²) in [6.07, 6.45) is 2.50. The van der Waals surface area contributed by atoms with E-state index in [0.29, 0.717) is 6.42 Å². The molecule has 21 heavy (non-hydrogen) atoms. The van der Waals surface area contributed by atoms with Gasteiger partial charge in [0.15, 0.2) is 0 Å². The van der Waals surface area contributed by atoms with Crippen LogP contribution in [0, 0.1) is 0 Å². The Morgan fingerprint density at radius 2 is 2.19 bits per heavy atom. The van der Waals surface area contributed by atoms with Crippen LogP contribution in [-0.4, -0.2) is 16.6 Å². The highest BCUT2D eigenvalue weighted by Gasteiger charge is 2.06. The van der Waals surface area contributed by atoms with Gasteiger partial charge in [0.2, 0.25) is 11.0 Å². The molecule has 0 aliphatic carbocycles. The summed E-state index contributed by atoms with van der Waals surface area (Å²) in [7, 11) is 0. The monoisotopic (exact) mass is 304 g/mol. The molecule has 0 saturated carbocycles. The lowest BCUT2D eigenvalue weighted by Gasteiger charge is -2.04. The minimum Gasteiger partial charge on any atom is -0.326 e. The fourth-order valence-electron chi connectivity index (χ4n) is 1.77. The molecular weight excluding hydrogens is 284 g/mol. The van der Waals surface area contributed by atoms with Crippen LogP contribution in [0.3, 0.4) is 0 Å². The van der Waals surface area contributed by atoms with Crippen LogP contribution in [0.4, 0.5) is 10.8 Å². The fourth-order valence-corrected chi connectivity index (χ4v) is 2.62. The lowest BCUT2D eigenvalue weighted by atomic mass is 10.2. The first-order chi connectivity index (χ1) is 10.1. The second-order valence-corrected chi connectivity index (χ2v) is 6.05. The van der Waals surface area contributed by atoms with E-state index in [1.54, 1.807) is 0 Å². The van der Waals surface area contributed by atoms with Crippen molar-refractivity contribution in [3.63, 3.8) is 0 Å². The Morgan fingerprint density at radius 1 is 1.38 bits per heavy atom. The highest BCUT2D eigenvalue weighted by molar-refractivity contribution is 7.22. The van der Waals surface area contributed by atoms with Gasteiger partial charge in [0.25, 0.3) is 0 Å². The molecule has 2 rings (SSSR count). The molecule has 112 valence electrons. The van der Waals surface area contributed by atoms with E-state index < -0.39 is 0 Å². The van der Waals surface area contributed by atoms with Crippen molar-refractivity contribution >= 4 is 44.0 Å². The van der Waals surface area contributed by atoms with Crippen molar-refractivity contribution in [1.82, 2.24) is 4.98 Å². The first-order valence-electron chi connectivity index (χ1n) is 7.06. The van der Waals surface area contributed by atoms with Gasteiger partial charge in [-0.3, -0.25) is 10.2 Å². The molecule has 0 atom stereocenters. The first-order valence-corrected chi connectivity index (χ1v) is 7.87. The van der Waals surface area contributed by atoms with Crippen molar-refractivity contribution in [1.29, 1.82) is 0 Å². The molecule has 1 aromatic heterocycles. The van der Waals surface area contributed by atoms with E-state index in [9.17, 15) is 4.79 Å². The number of nitrogens with one attached hydrogen (secondary N) is 2. The molecule has 2 N–H and O–H groups in total. The van der Waals surface area contributed by atoms with E-state index in [-0.39, 0.29) is 5.91 Å². The van der Waals surface area contributed by atoms with Crippen LogP contribution in [0.15, 0.2) is 23.3 Å². The topological polar surface area (TPSA) is 66.4 Å². The van der Waals surface area contributed by atoms with Gasteiger partial charge in [0.05, 0.1) is 10.2 Å². The molecule has 0 saturated heterocycles. The molecule has 0 bridgehead atoms. The summed E-state index contributed by atoms with van der Waals surface area (Å²) in [6.45, 7) is 5.92. The number of anilines is 2. The summed E-state index contributed by atoms with van der Waals surface area (Å²) in [4.78, 5) is 16.2. The van der Waals surface area contributed by atoms with Crippen molar-refractivity contribution in [2.45, 2.75) is 40.0 Å². The van der Waals surface area contributed by atoms with Gasteiger partial charge in [-0.2, -0.15) is 5.10 Å². The number of hydrogen-bond donors (Lipinski definition) is 2. The average molecular weight is 304 g/mol. The summed E-state index contributed by atoms with van der Waals surface area (Å²) in [6, 6.07) is 5.74. The number of fused-ring (bicyclic) bond motifs is 1. The number of carbonyl (C=O) groups is 1. The molecule has 0 aliphatic rings. The number of rotatable bonds is 6. The molecule has 0 fully saturated rings. The van der Waals surface area contributed by atoms with Gasteiger partial charge < -0.3 is 5.32 Å². The van der Waals surface area contributed by atoms with Gasteiger partial charge in [-0.25, -0.2) is 4.98 Å². The van der Waals surface area contributed by atoms with E-state index in [1.165, 1.54) is 11.3 Å². The standard InChI is InChI=1S/C15H20N4OS/c1-4-5-6-14(20)16-11-7-8-12-13(9-11)21-15(17-12)19-18-10(2)3/h7-9H,4-6H2,1-3H3,(H,16,20)(H,17,19). The van der Waals surface area contributed by atoms with Crippen LogP contribution in [0.5, 0.6) is 0 Å². The second kappa shape index (κ2) is 7.17. The Kier molecular flexibility index (Phi) is 5.27. The van der Waals surface area contributed by atoms with Crippen LogP contribution in [0.2, 0.25) is 0 Å². The molecule has 0 aliphatic heterocycles. The van der Waals surface area contributed by atoms with Gasteiger partial charge in [0.1, 0.15) is 0 Å². The minimum absolute atomic E-state index is 0.0604. The summed E-state index contributed by atoms with van der Waals surface area (Å²) < 4.78 is 1.02. The average Bonchev–Trinajstić information content (AvgIpc) is 2.85. The predicted molar refractivity (Wildman–Crippen MR) is 90.2 cm³/mol. The number of hydrogen-bond acceptors (Lipinski definition) is 5. The highest BCUT2D eigenvalue weighted by atomic mass is 32.1. The molecule has 2 aromatic rings. The van der Waals surface area contributed by atoms with Crippen molar-refractivity contribution in [2.24, 2.45) is 5.10 Å². The third-order valence-electron chi connectivity index (χ3n) is 2.80.